The SMILES string of the molecule is NCc1cccc2[nH]c(-c3cccc4nccnc34)nc12. The number of hydrogen-bond donors (Lipinski definition) is 2. The lowest BCUT2D eigenvalue weighted by molar-refractivity contribution is 1.08. The van der Waals surface area contributed by atoms with E-state index in [1.54, 1.807) is 12.4 Å². The Morgan fingerprint density at radius 1 is 0.952 bits per heavy atom. The number of hydrogen-bond acceptors (Lipinski definition) is 4. The quantitative estimate of drug-likeness (QED) is 0.589. The van der Waals surface area contributed by atoms with Crippen LogP contribution in [0.25, 0.3) is 33.5 Å². The molecule has 0 spiro atoms. The summed E-state index contributed by atoms with van der Waals surface area (Å²) in [5.74, 6) is 0.789. The zero-order valence-corrected chi connectivity index (χ0v) is 11.2. The maximum atomic E-state index is 5.78. The monoisotopic (exact) mass is 275 g/mol. The lowest BCUT2D eigenvalue weighted by atomic mass is 10.1. The van der Waals surface area contributed by atoms with Crippen molar-refractivity contribution in [3.8, 4) is 11.4 Å². The molecule has 0 amide bonds. The fraction of sp³-hybridized carbons (Fsp3) is 0.0625. The summed E-state index contributed by atoms with van der Waals surface area (Å²) in [5.41, 5.74) is 11.3. The molecule has 0 aliphatic heterocycles. The zero-order valence-electron chi connectivity index (χ0n) is 11.2. The largest absolute Gasteiger partial charge is 0.338 e. The van der Waals surface area contributed by atoms with Crippen LogP contribution in [0.15, 0.2) is 48.8 Å². The number of aromatic amines is 1. The molecule has 2 aromatic heterocycles. The molecule has 5 nitrogen and oxygen atoms in total. The first kappa shape index (κ1) is 12.0. The Kier molecular flexibility index (Phi) is 2.65. The molecular formula is C16H13N5. The Morgan fingerprint density at radius 3 is 2.71 bits per heavy atom. The number of rotatable bonds is 2. The summed E-state index contributed by atoms with van der Waals surface area (Å²) < 4.78 is 0. The van der Waals surface area contributed by atoms with Gasteiger partial charge in [-0.1, -0.05) is 18.2 Å². The van der Waals surface area contributed by atoms with Gasteiger partial charge in [-0.25, -0.2) is 4.98 Å². The molecule has 2 aromatic carbocycles. The van der Waals surface area contributed by atoms with Gasteiger partial charge in [-0.2, -0.15) is 0 Å². The number of aromatic nitrogens is 4. The first-order valence-corrected chi connectivity index (χ1v) is 6.74. The van der Waals surface area contributed by atoms with Gasteiger partial charge in [0.25, 0.3) is 0 Å². The first-order chi connectivity index (χ1) is 10.4. The number of nitrogens with two attached hydrogens (primary N) is 1. The minimum atomic E-state index is 0.469. The van der Waals surface area contributed by atoms with Crippen LogP contribution in [0.2, 0.25) is 0 Å². The lowest BCUT2D eigenvalue weighted by Crippen LogP contribution is -1.96. The minimum Gasteiger partial charge on any atom is -0.338 e. The van der Waals surface area contributed by atoms with E-state index in [9.17, 15) is 0 Å². The van der Waals surface area contributed by atoms with Gasteiger partial charge < -0.3 is 10.7 Å². The van der Waals surface area contributed by atoms with E-state index in [1.165, 1.54) is 0 Å². The second kappa shape index (κ2) is 4.64. The number of benzene rings is 2. The molecule has 21 heavy (non-hydrogen) atoms. The molecule has 0 atom stereocenters. The summed E-state index contributed by atoms with van der Waals surface area (Å²) in [6.07, 6.45) is 3.39. The molecule has 4 rings (SSSR count). The lowest BCUT2D eigenvalue weighted by Gasteiger charge is -2.01. The summed E-state index contributed by atoms with van der Waals surface area (Å²) in [6.45, 7) is 0.469. The van der Waals surface area contributed by atoms with Crippen molar-refractivity contribution >= 4 is 22.1 Å². The number of para-hydroxylation sites is 2. The summed E-state index contributed by atoms with van der Waals surface area (Å²) in [4.78, 5) is 16.8. The first-order valence-electron chi connectivity index (χ1n) is 6.74. The highest BCUT2D eigenvalue weighted by Gasteiger charge is 2.11. The van der Waals surface area contributed by atoms with Gasteiger partial charge in [0, 0.05) is 24.5 Å². The van der Waals surface area contributed by atoms with E-state index in [4.69, 9.17) is 10.7 Å². The molecule has 0 saturated heterocycles. The van der Waals surface area contributed by atoms with Crippen molar-refractivity contribution in [2.75, 3.05) is 0 Å². The second-order valence-corrected chi connectivity index (χ2v) is 4.83. The summed E-state index contributed by atoms with van der Waals surface area (Å²) in [5, 5.41) is 0. The maximum Gasteiger partial charge on any atom is 0.140 e. The van der Waals surface area contributed by atoms with Gasteiger partial charge in [-0.15, -0.1) is 0 Å². The number of H-pyrrole nitrogens is 1. The highest BCUT2D eigenvalue weighted by atomic mass is 14.9. The molecule has 0 radical (unpaired) electrons. The van der Waals surface area contributed by atoms with E-state index in [0.717, 1.165) is 39.0 Å². The predicted molar refractivity (Wildman–Crippen MR) is 82.5 cm³/mol. The molecule has 0 unspecified atom stereocenters. The molecule has 0 aliphatic carbocycles. The zero-order chi connectivity index (χ0) is 14.2. The Balaban J connectivity index is 2.01. The minimum absolute atomic E-state index is 0.469. The van der Waals surface area contributed by atoms with E-state index in [2.05, 4.69) is 15.0 Å². The second-order valence-electron chi connectivity index (χ2n) is 4.83. The van der Waals surface area contributed by atoms with Gasteiger partial charge in [0.2, 0.25) is 0 Å². The van der Waals surface area contributed by atoms with Crippen molar-refractivity contribution in [3.63, 3.8) is 0 Å². The summed E-state index contributed by atoms with van der Waals surface area (Å²) in [7, 11) is 0. The molecule has 5 heteroatoms. The highest BCUT2D eigenvalue weighted by molar-refractivity contribution is 5.92. The Labute approximate surface area is 120 Å². The maximum absolute atomic E-state index is 5.78. The van der Waals surface area contributed by atoms with Crippen LogP contribution < -0.4 is 5.73 Å². The molecule has 0 fully saturated rings. The van der Waals surface area contributed by atoms with Crippen LogP contribution in [0, 0.1) is 0 Å². The van der Waals surface area contributed by atoms with Crippen LogP contribution >= 0.6 is 0 Å². The summed E-state index contributed by atoms with van der Waals surface area (Å²) in [6, 6.07) is 11.9. The third-order valence-electron chi connectivity index (χ3n) is 3.57. The van der Waals surface area contributed by atoms with Gasteiger partial charge in [0.1, 0.15) is 5.82 Å². The van der Waals surface area contributed by atoms with Crippen molar-refractivity contribution < 1.29 is 0 Å². The standard InChI is InChI=1S/C16H13N5/c17-9-10-3-1-6-13-14(10)21-16(20-13)11-4-2-5-12-15(11)19-8-7-18-12/h1-8H,9,17H2,(H,20,21). The molecule has 102 valence electrons. The average molecular weight is 275 g/mol. The Bertz CT molecular complexity index is 936. The third kappa shape index (κ3) is 1.86. The highest BCUT2D eigenvalue weighted by Crippen LogP contribution is 2.26. The molecule has 2 heterocycles. The van der Waals surface area contributed by atoms with E-state index in [1.807, 2.05) is 36.4 Å². The van der Waals surface area contributed by atoms with E-state index >= 15 is 0 Å². The third-order valence-corrected chi connectivity index (χ3v) is 3.57. The molecule has 4 aromatic rings. The van der Waals surface area contributed by atoms with Crippen molar-refractivity contribution in [2.24, 2.45) is 5.73 Å². The van der Waals surface area contributed by atoms with Crippen molar-refractivity contribution in [1.29, 1.82) is 0 Å². The Hall–Kier alpha value is -2.79. The molecule has 0 aliphatic rings. The van der Waals surface area contributed by atoms with Crippen LogP contribution in [0.3, 0.4) is 0 Å². The molecule has 3 N–H and O–H groups in total. The number of imidazole rings is 1. The fourth-order valence-corrected chi connectivity index (χ4v) is 2.57. The van der Waals surface area contributed by atoms with Gasteiger partial charge in [0.15, 0.2) is 0 Å². The Morgan fingerprint density at radius 2 is 1.81 bits per heavy atom. The number of nitrogens with zero attached hydrogens (tertiary/aromatic N) is 3. The number of nitrogens with one attached hydrogen (secondary N) is 1. The van der Waals surface area contributed by atoms with Crippen LogP contribution in [0.5, 0.6) is 0 Å². The van der Waals surface area contributed by atoms with Crippen LogP contribution in [-0.4, -0.2) is 19.9 Å². The van der Waals surface area contributed by atoms with Crippen LogP contribution in [0.4, 0.5) is 0 Å². The average Bonchev–Trinajstić information content (AvgIpc) is 2.98. The van der Waals surface area contributed by atoms with E-state index in [-0.39, 0.29) is 0 Å². The van der Waals surface area contributed by atoms with Crippen LogP contribution in [0.1, 0.15) is 5.56 Å². The molecular weight excluding hydrogens is 262 g/mol. The van der Waals surface area contributed by atoms with Crippen molar-refractivity contribution in [2.45, 2.75) is 6.54 Å². The molecule has 0 saturated carbocycles. The normalized spacial score (nSPS) is 11.3. The fourth-order valence-electron chi connectivity index (χ4n) is 2.57. The van der Waals surface area contributed by atoms with E-state index < -0.39 is 0 Å². The van der Waals surface area contributed by atoms with Gasteiger partial charge in [0.05, 0.1) is 22.1 Å². The van der Waals surface area contributed by atoms with Gasteiger partial charge >= 0.3 is 0 Å². The van der Waals surface area contributed by atoms with Gasteiger partial charge in [-0.3, -0.25) is 9.97 Å². The van der Waals surface area contributed by atoms with Gasteiger partial charge in [-0.05, 0) is 23.8 Å². The van der Waals surface area contributed by atoms with Crippen LogP contribution in [-0.2, 0) is 6.54 Å². The topological polar surface area (TPSA) is 80.5 Å². The number of fused-ring (bicyclic) bond motifs is 2. The van der Waals surface area contributed by atoms with Crippen molar-refractivity contribution in [1.82, 2.24) is 19.9 Å². The molecule has 0 bridgehead atoms. The predicted octanol–water partition coefficient (Wildman–Crippen LogP) is 2.63. The smallest absolute Gasteiger partial charge is 0.140 e. The van der Waals surface area contributed by atoms with E-state index in [0.29, 0.717) is 6.54 Å². The van der Waals surface area contributed by atoms with Crippen molar-refractivity contribution in [3.05, 3.63) is 54.4 Å². The summed E-state index contributed by atoms with van der Waals surface area (Å²) >= 11 is 0.